The molecule has 1 amide bonds. The Hall–Kier alpha value is -2.55. The van der Waals surface area contributed by atoms with Crippen LogP contribution in [0.25, 0.3) is 0 Å². The van der Waals surface area contributed by atoms with Crippen LogP contribution in [0.5, 0.6) is 11.5 Å². The van der Waals surface area contributed by atoms with Crippen LogP contribution in [0.15, 0.2) is 46.0 Å². The van der Waals surface area contributed by atoms with Crippen molar-refractivity contribution in [3.05, 3.63) is 57.6 Å². The molecular weight excluding hydrogens is 417 g/mol. The van der Waals surface area contributed by atoms with Crippen LogP contribution in [-0.4, -0.2) is 26.3 Å². The number of hydrogen-bond donors (Lipinski definition) is 1. The summed E-state index contributed by atoms with van der Waals surface area (Å²) in [5, 5.41) is 3.77. The molecule has 0 saturated heterocycles. The Labute approximate surface area is 155 Å². The first kappa shape index (κ1) is 19.8. The van der Waals surface area contributed by atoms with Crippen molar-refractivity contribution in [2.45, 2.75) is 6.18 Å². The molecule has 0 unspecified atom stereocenters. The lowest BCUT2D eigenvalue weighted by Crippen LogP contribution is -2.18. The number of methoxy groups -OCH3 is 2. The summed E-state index contributed by atoms with van der Waals surface area (Å²) in [5.74, 6) is 0.230. The molecule has 9 heteroatoms. The fourth-order valence-electron chi connectivity index (χ4n) is 2.05. The Morgan fingerprint density at radius 3 is 2.46 bits per heavy atom. The minimum absolute atomic E-state index is 0.153. The van der Waals surface area contributed by atoms with Crippen LogP contribution in [0.1, 0.15) is 21.5 Å². The third kappa shape index (κ3) is 4.75. The molecule has 138 valence electrons. The van der Waals surface area contributed by atoms with Crippen LogP contribution < -0.4 is 14.9 Å². The average molecular weight is 431 g/mol. The minimum atomic E-state index is -4.53. The Morgan fingerprint density at radius 1 is 1.15 bits per heavy atom. The van der Waals surface area contributed by atoms with Crippen molar-refractivity contribution in [1.29, 1.82) is 0 Å². The molecule has 0 spiro atoms. The first-order valence-corrected chi connectivity index (χ1v) is 7.97. The molecule has 2 aromatic rings. The van der Waals surface area contributed by atoms with Crippen molar-refractivity contribution in [1.82, 2.24) is 5.43 Å². The maximum atomic E-state index is 12.7. The zero-order chi connectivity index (χ0) is 19.3. The number of carbonyl (C=O) groups is 1. The van der Waals surface area contributed by atoms with E-state index in [1.54, 1.807) is 12.1 Å². The van der Waals surface area contributed by atoms with E-state index in [-0.39, 0.29) is 5.56 Å². The van der Waals surface area contributed by atoms with Gasteiger partial charge in [-0.15, -0.1) is 0 Å². The third-order valence-corrected chi connectivity index (χ3v) is 3.95. The van der Waals surface area contributed by atoms with Crippen LogP contribution in [-0.2, 0) is 6.18 Å². The largest absolute Gasteiger partial charge is 0.496 e. The van der Waals surface area contributed by atoms with E-state index in [0.29, 0.717) is 21.5 Å². The Morgan fingerprint density at radius 2 is 1.85 bits per heavy atom. The molecule has 2 aromatic carbocycles. The highest BCUT2D eigenvalue weighted by Crippen LogP contribution is 2.32. The summed E-state index contributed by atoms with van der Waals surface area (Å²) in [6, 6.07) is 7.36. The number of halogens is 4. The molecular formula is C17H14BrF3N2O3. The molecule has 0 fully saturated rings. The second-order valence-corrected chi connectivity index (χ2v) is 5.86. The van der Waals surface area contributed by atoms with Crippen LogP contribution in [0.2, 0.25) is 0 Å². The van der Waals surface area contributed by atoms with Crippen molar-refractivity contribution in [3.8, 4) is 11.5 Å². The molecule has 0 atom stereocenters. The third-order valence-electron chi connectivity index (χ3n) is 3.33. The minimum Gasteiger partial charge on any atom is -0.496 e. The van der Waals surface area contributed by atoms with Crippen LogP contribution >= 0.6 is 15.9 Å². The topological polar surface area (TPSA) is 59.9 Å². The number of hydrogen-bond acceptors (Lipinski definition) is 4. The second-order valence-electron chi connectivity index (χ2n) is 5.01. The summed E-state index contributed by atoms with van der Waals surface area (Å²) < 4.78 is 49.1. The normalized spacial score (nSPS) is 11.5. The van der Waals surface area contributed by atoms with Crippen molar-refractivity contribution >= 4 is 28.1 Å². The molecule has 0 saturated carbocycles. The van der Waals surface area contributed by atoms with Crippen molar-refractivity contribution in [3.63, 3.8) is 0 Å². The highest BCUT2D eigenvalue weighted by atomic mass is 79.9. The molecule has 0 aliphatic heterocycles. The predicted molar refractivity (Wildman–Crippen MR) is 93.8 cm³/mol. The van der Waals surface area contributed by atoms with Gasteiger partial charge in [0.25, 0.3) is 5.91 Å². The number of nitrogens with one attached hydrogen (secondary N) is 1. The SMILES string of the molecule is COc1cc(OC)c(/C=N/NC(=O)c2cccc(C(F)(F)F)c2)cc1Br. The summed E-state index contributed by atoms with van der Waals surface area (Å²) >= 11 is 3.32. The van der Waals surface area contributed by atoms with E-state index in [0.717, 1.165) is 18.2 Å². The van der Waals surface area contributed by atoms with Crippen LogP contribution in [0.4, 0.5) is 13.2 Å². The Balaban J connectivity index is 2.16. The molecule has 0 heterocycles. The fourth-order valence-corrected chi connectivity index (χ4v) is 2.57. The smallest absolute Gasteiger partial charge is 0.416 e. The number of amides is 1. The van der Waals surface area contributed by atoms with E-state index in [1.807, 2.05) is 0 Å². The van der Waals surface area contributed by atoms with E-state index in [2.05, 4.69) is 26.5 Å². The van der Waals surface area contributed by atoms with E-state index in [1.165, 1.54) is 26.5 Å². The first-order chi connectivity index (χ1) is 12.3. The van der Waals surface area contributed by atoms with Gasteiger partial charge in [0.2, 0.25) is 0 Å². The zero-order valence-corrected chi connectivity index (χ0v) is 15.3. The number of benzene rings is 2. The van der Waals surface area contributed by atoms with Gasteiger partial charge in [0, 0.05) is 17.2 Å². The average Bonchev–Trinajstić information content (AvgIpc) is 2.61. The molecule has 5 nitrogen and oxygen atoms in total. The van der Waals surface area contributed by atoms with Crippen LogP contribution in [0, 0.1) is 0 Å². The molecule has 0 aliphatic carbocycles. The monoisotopic (exact) mass is 430 g/mol. The molecule has 0 aliphatic rings. The number of alkyl halides is 3. The van der Waals surface area contributed by atoms with Gasteiger partial charge in [-0.05, 0) is 40.2 Å². The van der Waals surface area contributed by atoms with Gasteiger partial charge in [0.05, 0.1) is 30.5 Å². The van der Waals surface area contributed by atoms with Gasteiger partial charge in [-0.3, -0.25) is 4.79 Å². The van der Waals surface area contributed by atoms with E-state index in [4.69, 9.17) is 9.47 Å². The lowest BCUT2D eigenvalue weighted by molar-refractivity contribution is -0.137. The van der Waals surface area contributed by atoms with Crippen molar-refractivity contribution in [2.24, 2.45) is 5.10 Å². The highest BCUT2D eigenvalue weighted by molar-refractivity contribution is 9.10. The van der Waals surface area contributed by atoms with Gasteiger partial charge in [-0.25, -0.2) is 5.43 Å². The number of carbonyl (C=O) groups excluding carboxylic acids is 1. The van der Waals surface area contributed by atoms with E-state index < -0.39 is 17.6 Å². The molecule has 2 rings (SSSR count). The van der Waals surface area contributed by atoms with E-state index >= 15 is 0 Å². The zero-order valence-electron chi connectivity index (χ0n) is 13.7. The second kappa shape index (κ2) is 8.22. The maximum Gasteiger partial charge on any atom is 0.416 e. The summed E-state index contributed by atoms with van der Waals surface area (Å²) in [6.07, 6.45) is -3.21. The fraction of sp³-hybridized carbons (Fsp3) is 0.176. The summed E-state index contributed by atoms with van der Waals surface area (Å²) in [7, 11) is 2.96. The Bertz CT molecular complexity index is 838. The molecule has 1 N–H and O–H groups in total. The van der Waals surface area contributed by atoms with E-state index in [9.17, 15) is 18.0 Å². The van der Waals surface area contributed by atoms with Gasteiger partial charge in [-0.1, -0.05) is 6.07 Å². The maximum absolute atomic E-state index is 12.7. The summed E-state index contributed by atoms with van der Waals surface area (Å²) in [4.78, 5) is 12.0. The first-order valence-electron chi connectivity index (χ1n) is 7.18. The van der Waals surface area contributed by atoms with Gasteiger partial charge < -0.3 is 9.47 Å². The van der Waals surface area contributed by atoms with Crippen molar-refractivity contribution in [2.75, 3.05) is 14.2 Å². The van der Waals surface area contributed by atoms with Crippen molar-refractivity contribution < 1.29 is 27.4 Å². The number of rotatable bonds is 5. The number of hydrazone groups is 1. The Kier molecular flexibility index (Phi) is 6.25. The van der Waals surface area contributed by atoms with Gasteiger partial charge in [0.15, 0.2) is 0 Å². The number of nitrogens with zero attached hydrogens (tertiary/aromatic N) is 1. The lowest BCUT2D eigenvalue weighted by atomic mass is 10.1. The van der Waals surface area contributed by atoms with Gasteiger partial charge in [0.1, 0.15) is 11.5 Å². The molecule has 0 aromatic heterocycles. The molecule has 0 radical (unpaired) electrons. The lowest BCUT2D eigenvalue weighted by Gasteiger charge is -2.09. The van der Waals surface area contributed by atoms with Gasteiger partial charge >= 0.3 is 6.18 Å². The summed E-state index contributed by atoms with van der Waals surface area (Å²) in [5.41, 5.74) is 1.66. The molecule has 0 bridgehead atoms. The molecule has 26 heavy (non-hydrogen) atoms. The van der Waals surface area contributed by atoms with Gasteiger partial charge in [-0.2, -0.15) is 18.3 Å². The highest BCUT2D eigenvalue weighted by Gasteiger charge is 2.30. The standard InChI is InChI=1S/C17H14BrF3N2O3/c1-25-14-8-15(26-2)13(18)7-11(14)9-22-23-16(24)10-4-3-5-12(6-10)17(19,20)21/h3-9H,1-2H3,(H,23,24)/b22-9+. The summed E-state index contributed by atoms with van der Waals surface area (Å²) in [6.45, 7) is 0. The number of ether oxygens (including phenoxy) is 2. The quantitative estimate of drug-likeness (QED) is 0.569. The predicted octanol–water partition coefficient (Wildman–Crippen LogP) is 4.25. The van der Waals surface area contributed by atoms with Crippen LogP contribution in [0.3, 0.4) is 0 Å².